The quantitative estimate of drug-likeness (QED) is 0.415. The summed E-state index contributed by atoms with van der Waals surface area (Å²) in [7, 11) is 3.80. The second-order valence-electron chi connectivity index (χ2n) is 4.97. The molecule has 1 aliphatic heterocycles. The van der Waals surface area contributed by atoms with Gasteiger partial charge in [-0.2, -0.15) is 0 Å². The Hall–Kier alpha value is -0.890. The Morgan fingerprint density at radius 2 is 1.95 bits per heavy atom. The van der Waals surface area contributed by atoms with Crippen LogP contribution in [-0.4, -0.2) is 45.1 Å². The average Bonchev–Trinajstić information content (AvgIpc) is 2.92. The van der Waals surface area contributed by atoms with Gasteiger partial charge in [-0.15, -0.1) is 0 Å². The first-order chi connectivity index (χ1) is 9.99. The molecule has 0 radical (unpaired) electrons. The fourth-order valence-corrected chi connectivity index (χ4v) is 5.04. The van der Waals surface area contributed by atoms with Gasteiger partial charge in [0.15, 0.2) is 0 Å². The van der Waals surface area contributed by atoms with Crippen LogP contribution in [0.1, 0.15) is 44.9 Å². The second-order valence-corrected chi connectivity index (χ2v) is 7.75. The Balaban J connectivity index is 2.16. The molecule has 1 rings (SSSR count). The van der Waals surface area contributed by atoms with Crippen molar-refractivity contribution >= 4 is 39.4 Å². The number of carboxylic acids is 2. The van der Waals surface area contributed by atoms with Crippen LogP contribution in [0.4, 0.5) is 0 Å². The van der Waals surface area contributed by atoms with Crippen molar-refractivity contribution in [2.24, 2.45) is 0 Å². The zero-order valence-electron chi connectivity index (χ0n) is 11.7. The van der Waals surface area contributed by atoms with Gasteiger partial charge in [0.25, 0.3) is 0 Å². The molecule has 1 fully saturated rings. The van der Waals surface area contributed by atoms with Gasteiger partial charge in [-0.05, 0) is 25.7 Å². The zero-order chi connectivity index (χ0) is 15.7. The first kappa shape index (κ1) is 18.2. The number of amides is 1. The van der Waals surface area contributed by atoms with Crippen LogP contribution in [0, 0.1) is 0 Å². The van der Waals surface area contributed by atoms with Crippen molar-refractivity contribution in [1.82, 2.24) is 5.32 Å². The lowest BCUT2D eigenvalue weighted by Crippen LogP contribution is -2.41. The minimum atomic E-state index is -1.19. The molecule has 2 atom stereocenters. The van der Waals surface area contributed by atoms with E-state index in [1.165, 1.54) is 12.2 Å². The van der Waals surface area contributed by atoms with E-state index in [1.54, 1.807) is 0 Å². The maximum absolute atomic E-state index is 11.7. The highest BCUT2D eigenvalue weighted by molar-refractivity contribution is 8.77. The molecule has 1 aliphatic rings. The number of carbonyl (C=O) groups excluding carboxylic acids is 1. The number of hydrogen-bond acceptors (Lipinski definition) is 5. The van der Waals surface area contributed by atoms with E-state index in [-0.39, 0.29) is 18.7 Å². The van der Waals surface area contributed by atoms with Crippen molar-refractivity contribution in [1.29, 1.82) is 0 Å². The van der Waals surface area contributed by atoms with E-state index < -0.39 is 18.0 Å². The van der Waals surface area contributed by atoms with E-state index in [2.05, 4.69) is 5.32 Å². The minimum Gasteiger partial charge on any atom is -0.481 e. The van der Waals surface area contributed by atoms with Gasteiger partial charge < -0.3 is 15.5 Å². The van der Waals surface area contributed by atoms with Gasteiger partial charge in [-0.3, -0.25) is 9.59 Å². The number of carboxylic acid groups (broad SMARTS) is 2. The molecule has 0 saturated carbocycles. The van der Waals surface area contributed by atoms with Crippen molar-refractivity contribution in [3.8, 4) is 0 Å². The largest absolute Gasteiger partial charge is 0.481 e. The predicted octanol–water partition coefficient (Wildman–Crippen LogP) is 2.13. The summed E-state index contributed by atoms with van der Waals surface area (Å²) in [6.45, 7) is 0. The molecule has 0 aliphatic carbocycles. The molecule has 1 amide bonds. The first-order valence-corrected chi connectivity index (χ1v) is 9.39. The maximum Gasteiger partial charge on any atom is 0.326 e. The molecule has 120 valence electrons. The Morgan fingerprint density at radius 3 is 2.52 bits per heavy atom. The lowest BCUT2D eigenvalue weighted by Gasteiger charge is -2.13. The highest BCUT2D eigenvalue weighted by Crippen LogP contribution is 2.39. The monoisotopic (exact) mass is 335 g/mol. The van der Waals surface area contributed by atoms with E-state index in [4.69, 9.17) is 10.2 Å². The lowest BCUT2D eigenvalue weighted by molar-refractivity contribution is -0.143. The molecular weight excluding hydrogens is 314 g/mol. The normalized spacial score (nSPS) is 19.1. The molecule has 21 heavy (non-hydrogen) atoms. The van der Waals surface area contributed by atoms with Crippen LogP contribution in [0.2, 0.25) is 0 Å². The van der Waals surface area contributed by atoms with Gasteiger partial charge >= 0.3 is 11.9 Å². The Morgan fingerprint density at radius 1 is 1.19 bits per heavy atom. The fourth-order valence-electron chi connectivity index (χ4n) is 2.01. The molecule has 0 aromatic carbocycles. The molecule has 1 heterocycles. The molecule has 0 spiro atoms. The van der Waals surface area contributed by atoms with Crippen molar-refractivity contribution in [2.45, 2.75) is 56.2 Å². The Labute approximate surface area is 131 Å². The Bertz CT molecular complexity index is 372. The molecule has 0 unspecified atom stereocenters. The SMILES string of the molecule is O=C(O)CC[C@@H](NC(=O)CCCC[C@@H]1CCSS1)C(=O)O. The van der Waals surface area contributed by atoms with Crippen molar-refractivity contribution in [3.63, 3.8) is 0 Å². The molecule has 0 aromatic heterocycles. The van der Waals surface area contributed by atoms with Crippen LogP contribution in [0.15, 0.2) is 0 Å². The smallest absolute Gasteiger partial charge is 0.326 e. The standard InChI is InChI=1S/C13H21NO5S2/c15-11(4-2-1-3-9-7-8-20-21-9)14-10(13(18)19)5-6-12(16)17/h9-10H,1-8H2,(H,14,15)(H,16,17)(H,18,19)/t9-,10-/m1/s1. The van der Waals surface area contributed by atoms with Crippen LogP contribution < -0.4 is 5.32 Å². The highest BCUT2D eigenvalue weighted by Gasteiger charge is 2.21. The molecule has 0 bridgehead atoms. The number of nitrogens with one attached hydrogen (secondary N) is 1. The second kappa shape index (κ2) is 9.94. The predicted molar refractivity (Wildman–Crippen MR) is 83.4 cm³/mol. The van der Waals surface area contributed by atoms with Crippen molar-refractivity contribution in [2.75, 3.05) is 5.75 Å². The number of rotatable bonds is 10. The summed E-state index contributed by atoms with van der Waals surface area (Å²) in [4.78, 5) is 33.0. The number of unbranched alkanes of at least 4 members (excludes halogenated alkanes) is 1. The van der Waals surface area contributed by atoms with Crippen LogP contribution >= 0.6 is 21.6 Å². The summed E-state index contributed by atoms with van der Waals surface area (Å²) in [6, 6.07) is -1.12. The third-order valence-electron chi connectivity index (χ3n) is 3.19. The van der Waals surface area contributed by atoms with Gasteiger partial charge in [0, 0.05) is 23.8 Å². The summed E-state index contributed by atoms with van der Waals surface area (Å²) in [6.07, 6.45) is 3.93. The maximum atomic E-state index is 11.7. The van der Waals surface area contributed by atoms with Crippen LogP contribution in [0.25, 0.3) is 0 Å². The number of hydrogen-bond donors (Lipinski definition) is 3. The first-order valence-electron chi connectivity index (χ1n) is 7.01. The van der Waals surface area contributed by atoms with Crippen LogP contribution in [0.3, 0.4) is 0 Å². The van der Waals surface area contributed by atoms with Crippen LogP contribution in [-0.2, 0) is 14.4 Å². The number of aliphatic carboxylic acids is 2. The van der Waals surface area contributed by atoms with E-state index in [9.17, 15) is 14.4 Å². The van der Waals surface area contributed by atoms with Crippen molar-refractivity contribution in [3.05, 3.63) is 0 Å². The molecule has 0 aromatic rings. The minimum absolute atomic E-state index is 0.0909. The van der Waals surface area contributed by atoms with Gasteiger partial charge in [0.05, 0.1) is 0 Å². The third-order valence-corrected chi connectivity index (χ3v) is 6.19. The van der Waals surface area contributed by atoms with Crippen LogP contribution in [0.5, 0.6) is 0 Å². The van der Waals surface area contributed by atoms with Gasteiger partial charge in [-0.25, -0.2) is 4.79 Å². The van der Waals surface area contributed by atoms with Gasteiger partial charge in [0.2, 0.25) is 5.91 Å². The highest BCUT2D eigenvalue weighted by atomic mass is 33.1. The topological polar surface area (TPSA) is 104 Å². The lowest BCUT2D eigenvalue weighted by atomic mass is 10.1. The van der Waals surface area contributed by atoms with E-state index >= 15 is 0 Å². The summed E-state index contributed by atoms with van der Waals surface area (Å²) >= 11 is 0. The average molecular weight is 335 g/mol. The summed E-state index contributed by atoms with van der Waals surface area (Å²) in [5.41, 5.74) is 0. The number of carbonyl (C=O) groups is 3. The summed E-state index contributed by atoms with van der Waals surface area (Å²) < 4.78 is 0. The molecule has 1 saturated heterocycles. The van der Waals surface area contributed by atoms with E-state index in [0.717, 1.165) is 19.3 Å². The van der Waals surface area contributed by atoms with Crippen molar-refractivity contribution < 1.29 is 24.6 Å². The summed E-state index contributed by atoms with van der Waals surface area (Å²) in [5.74, 6) is -1.38. The van der Waals surface area contributed by atoms with Gasteiger partial charge in [-0.1, -0.05) is 28.0 Å². The summed E-state index contributed by atoms with van der Waals surface area (Å²) in [5, 5.41) is 20.6. The molecule has 3 N–H and O–H groups in total. The van der Waals surface area contributed by atoms with E-state index in [0.29, 0.717) is 11.7 Å². The third kappa shape index (κ3) is 8.21. The zero-order valence-corrected chi connectivity index (χ0v) is 13.4. The molecule has 8 heteroatoms. The molecular formula is C13H21NO5S2. The molecule has 6 nitrogen and oxygen atoms in total. The van der Waals surface area contributed by atoms with Gasteiger partial charge in [0.1, 0.15) is 6.04 Å². The fraction of sp³-hybridized carbons (Fsp3) is 0.769. The Kier molecular flexibility index (Phi) is 8.60. The van der Waals surface area contributed by atoms with E-state index in [1.807, 2.05) is 21.6 Å².